The van der Waals surface area contributed by atoms with Crippen LogP contribution in [0.4, 0.5) is 0 Å². The molecular formula is C12H25Cl. The highest BCUT2D eigenvalue weighted by molar-refractivity contribution is 6.23. The van der Waals surface area contributed by atoms with E-state index in [4.69, 9.17) is 11.6 Å². The fourth-order valence-electron chi connectivity index (χ4n) is 1.95. The zero-order valence-corrected chi connectivity index (χ0v) is 10.8. The van der Waals surface area contributed by atoms with Gasteiger partial charge in [-0.15, -0.1) is 11.6 Å². The van der Waals surface area contributed by atoms with Gasteiger partial charge in [0.1, 0.15) is 0 Å². The van der Waals surface area contributed by atoms with E-state index in [-0.39, 0.29) is 4.87 Å². The lowest BCUT2D eigenvalue weighted by atomic mass is 9.78. The van der Waals surface area contributed by atoms with E-state index >= 15 is 0 Å². The highest BCUT2D eigenvalue weighted by Crippen LogP contribution is 2.38. The van der Waals surface area contributed by atoms with Crippen LogP contribution in [0.2, 0.25) is 0 Å². The molecule has 0 saturated heterocycles. The van der Waals surface area contributed by atoms with Gasteiger partial charge in [-0.3, -0.25) is 0 Å². The molecular weight excluding hydrogens is 180 g/mol. The molecule has 0 rings (SSSR count). The van der Waals surface area contributed by atoms with Crippen LogP contribution in [-0.4, -0.2) is 4.87 Å². The maximum Gasteiger partial charge on any atom is 0.0449 e. The van der Waals surface area contributed by atoms with Crippen molar-refractivity contribution in [1.82, 2.24) is 0 Å². The topological polar surface area (TPSA) is 0 Å². The van der Waals surface area contributed by atoms with Crippen LogP contribution in [0.3, 0.4) is 0 Å². The Bertz CT molecular complexity index is 142. The molecule has 0 bridgehead atoms. The molecule has 0 spiro atoms. The molecule has 0 aliphatic heterocycles. The molecule has 0 fully saturated rings. The van der Waals surface area contributed by atoms with E-state index in [0.29, 0.717) is 11.3 Å². The molecule has 0 heterocycles. The average Bonchev–Trinajstić information content (AvgIpc) is 1.82. The summed E-state index contributed by atoms with van der Waals surface area (Å²) >= 11 is 6.55. The molecule has 0 aliphatic rings. The van der Waals surface area contributed by atoms with Gasteiger partial charge in [0, 0.05) is 4.87 Å². The lowest BCUT2D eigenvalue weighted by Crippen LogP contribution is -2.31. The van der Waals surface area contributed by atoms with Crippen molar-refractivity contribution in [2.24, 2.45) is 11.3 Å². The van der Waals surface area contributed by atoms with Crippen LogP contribution in [0, 0.1) is 11.3 Å². The van der Waals surface area contributed by atoms with E-state index in [1.54, 1.807) is 0 Å². The van der Waals surface area contributed by atoms with E-state index in [1.807, 2.05) is 0 Å². The van der Waals surface area contributed by atoms with Crippen LogP contribution in [0.15, 0.2) is 0 Å². The second-order valence-electron chi connectivity index (χ2n) is 5.71. The quantitative estimate of drug-likeness (QED) is 0.574. The summed E-state index contributed by atoms with van der Waals surface area (Å²) in [6, 6.07) is 0. The first kappa shape index (κ1) is 13.3. The van der Waals surface area contributed by atoms with Crippen molar-refractivity contribution >= 4 is 11.6 Å². The van der Waals surface area contributed by atoms with E-state index in [2.05, 4.69) is 41.5 Å². The predicted octanol–water partition coefficient (Wildman–Crippen LogP) is 4.86. The molecule has 0 amide bonds. The van der Waals surface area contributed by atoms with Crippen LogP contribution >= 0.6 is 11.6 Å². The van der Waals surface area contributed by atoms with Crippen molar-refractivity contribution in [1.29, 1.82) is 0 Å². The summed E-state index contributed by atoms with van der Waals surface area (Å²) in [6.45, 7) is 13.4. The van der Waals surface area contributed by atoms with Gasteiger partial charge in [0.15, 0.2) is 0 Å². The molecule has 0 nitrogen and oxygen atoms in total. The fourth-order valence-corrected chi connectivity index (χ4v) is 2.46. The number of rotatable bonds is 4. The van der Waals surface area contributed by atoms with Crippen molar-refractivity contribution in [2.45, 2.75) is 65.7 Å². The lowest BCUT2D eigenvalue weighted by Gasteiger charge is -2.35. The van der Waals surface area contributed by atoms with Gasteiger partial charge >= 0.3 is 0 Å². The molecule has 2 atom stereocenters. The Labute approximate surface area is 89.1 Å². The molecule has 0 aromatic heterocycles. The molecule has 0 saturated carbocycles. The van der Waals surface area contributed by atoms with Gasteiger partial charge in [0.25, 0.3) is 0 Å². The zero-order chi connectivity index (χ0) is 10.7. The average molecular weight is 205 g/mol. The molecule has 80 valence electrons. The Morgan fingerprint density at radius 3 is 1.92 bits per heavy atom. The third-order valence-corrected chi connectivity index (χ3v) is 3.13. The van der Waals surface area contributed by atoms with Crippen molar-refractivity contribution in [3.8, 4) is 0 Å². The summed E-state index contributed by atoms with van der Waals surface area (Å²) in [6.07, 6.45) is 3.55. The second kappa shape index (κ2) is 4.68. The smallest absolute Gasteiger partial charge is 0.0449 e. The SMILES string of the molecule is CCCC(C)C(C)(Cl)CC(C)(C)C. The summed E-state index contributed by atoms with van der Waals surface area (Å²) in [5, 5.41) is 0. The van der Waals surface area contributed by atoms with Crippen LogP contribution in [0.1, 0.15) is 60.8 Å². The number of hydrogen-bond acceptors (Lipinski definition) is 0. The summed E-state index contributed by atoms with van der Waals surface area (Å²) < 4.78 is 0. The van der Waals surface area contributed by atoms with E-state index in [1.165, 1.54) is 12.8 Å². The van der Waals surface area contributed by atoms with Gasteiger partial charge in [-0.2, -0.15) is 0 Å². The molecule has 0 aliphatic carbocycles. The number of hydrogen-bond donors (Lipinski definition) is 0. The third kappa shape index (κ3) is 5.57. The Morgan fingerprint density at radius 2 is 1.62 bits per heavy atom. The summed E-state index contributed by atoms with van der Waals surface area (Å²) in [7, 11) is 0. The zero-order valence-electron chi connectivity index (χ0n) is 10.1. The first-order valence-electron chi connectivity index (χ1n) is 5.38. The number of halogens is 1. The largest absolute Gasteiger partial charge is 0.119 e. The normalized spacial score (nSPS) is 19.6. The fraction of sp³-hybridized carbons (Fsp3) is 1.00. The van der Waals surface area contributed by atoms with Crippen LogP contribution in [-0.2, 0) is 0 Å². The molecule has 0 radical (unpaired) electrons. The second-order valence-corrected chi connectivity index (χ2v) is 6.57. The monoisotopic (exact) mass is 204 g/mol. The standard InChI is InChI=1S/C12H25Cl/c1-7-8-10(2)12(6,13)9-11(3,4)5/h10H,7-9H2,1-6H3. The van der Waals surface area contributed by atoms with Gasteiger partial charge in [0.05, 0.1) is 0 Å². The Hall–Kier alpha value is 0.290. The van der Waals surface area contributed by atoms with E-state index < -0.39 is 0 Å². The van der Waals surface area contributed by atoms with Crippen molar-refractivity contribution in [3.63, 3.8) is 0 Å². The third-order valence-electron chi connectivity index (χ3n) is 2.63. The minimum absolute atomic E-state index is 0.0335. The predicted molar refractivity (Wildman–Crippen MR) is 62.4 cm³/mol. The van der Waals surface area contributed by atoms with Crippen molar-refractivity contribution in [2.75, 3.05) is 0 Å². The molecule has 2 unspecified atom stereocenters. The summed E-state index contributed by atoms with van der Waals surface area (Å²) in [5.41, 5.74) is 0.332. The summed E-state index contributed by atoms with van der Waals surface area (Å²) in [5.74, 6) is 0.610. The molecule has 1 heteroatoms. The first-order chi connectivity index (χ1) is 5.69. The highest BCUT2D eigenvalue weighted by Gasteiger charge is 2.32. The minimum atomic E-state index is -0.0335. The van der Waals surface area contributed by atoms with Crippen LogP contribution in [0.25, 0.3) is 0 Å². The molecule has 0 aromatic rings. The van der Waals surface area contributed by atoms with Crippen LogP contribution in [0.5, 0.6) is 0 Å². The van der Waals surface area contributed by atoms with Crippen molar-refractivity contribution in [3.05, 3.63) is 0 Å². The number of alkyl halides is 1. The Kier molecular flexibility index (Phi) is 4.79. The van der Waals surface area contributed by atoms with Gasteiger partial charge < -0.3 is 0 Å². The van der Waals surface area contributed by atoms with Gasteiger partial charge in [-0.1, -0.05) is 41.0 Å². The molecule has 0 N–H and O–H groups in total. The van der Waals surface area contributed by atoms with E-state index in [0.717, 1.165) is 6.42 Å². The minimum Gasteiger partial charge on any atom is -0.119 e. The summed E-state index contributed by atoms with van der Waals surface area (Å²) in [4.78, 5) is -0.0335. The van der Waals surface area contributed by atoms with Crippen LogP contribution < -0.4 is 0 Å². The molecule has 0 aromatic carbocycles. The maximum absolute atomic E-state index is 6.55. The van der Waals surface area contributed by atoms with Crippen molar-refractivity contribution < 1.29 is 0 Å². The Morgan fingerprint density at radius 1 is 1.15 bits per heavy atom. The maximum atomic E-state index is 6.55. The Balaban J connectivity index is 4.21. The molecule has 13 heavy (non-hydrogen) atoms. The lowest BCUT2D eigenvalue weighted by molar-refractivity contribution is 0.263. The van der Waals surface area contributed by atoms with Gasteiger partial charge in [-0.25, -0.2) is 0 Å². The van der Waals surface area contributed by atoms with E-state index in [9.17, 15) is 0 Å². The highest BCUT2D eigenvalue weighted by atomic mass is 35.5. The van der Waals surface area contributed by atoms with Gasteiger partial charge in [0.2, 0.25) is 0 Å². The van der Waals surface area contributed by atoms with Gasteiger partial charge in [-0.05, 0) is 31.1 Å². The first-order valence-corrected chi connectivity index (χ1v) is 5.76.